The molecule has 0 saturated carbocycles. The van der Waals surface area contributed by atoms with E-state index in [1.54, 1.807) is 31.2 Å². The van der Waals surface area contributed by atoms with Gasteiger partial charge in [-0.05, 0) is 25.1 Å². The molecule has 35 heavy (non-hydrogen) atoms. The minimum absolute atomic E-state index is 0.113. The maximum absolute atomic E-state index is 12.9. The van der Waals surface area contributed by atoms with Crippen molar-refractivity contribution in [1.29, 1.82) is 0 Å². The van der Waals surface area contributed by atoms with Crippen molar-refractivity contribution in [1.82, 2.24) is 9.55 Å². The molecule has 2 aliphatic rings. The van der Waals surface area contributed by atoms with Crippen LogP contribution in [0.5, 0.6) is 0 Å². The van der Waals surface area contributed by atoms with Crippen molar-refractivity contribution in [2.75, 3.05) is 11.9 Å². The number of rotatable bonds is 3. The van der Waals surface area contributed by atoms with Crippen molar-refractivity contribution >= 4 is 20.3 Å². The first-order valence-corrected chi connectivity index (χ1v) is 13.6. The maximum atomic E-state index is 12.9. The predicted octanol–water partition coefficient (Wildman–Crippen LogP) is 3.60. The number of hydrogen-bond donors (Lipinski definition) is 2. The van der Waals surface area contributed by atoms with E-state index in [2.05, 4.69) is 51.8 Å². The molecule has 2 saturated heterocycles. The van der Waals surface area contributed by atoms with E-state index >= 15 is 0 Å². The van der Waals surface area contributed by atoms with Gasteiger partial charge in [-0.2, -0.15) is 4.98 Å². The minimum atomic E-state index is -2.85. The zero-order valence-electron chi connectivity index (χ0n) is 21.4. The van der Waals surface area contributed by atoms with Crippen molar-refractivity contribution in [3.05, 3.63) is 58.6 Å². The zero-order chi connectivity index (χ0) is 25.8. The van der Waals surface area contributed by atoms with Gasteiger partial charge in [0.2, 0.25) is 0 Å². The first kappa shape index (κ1) is 25.7. The van der Waals surface area contributed by atoms with Crippen LogP contribution in [-0.2, 0) is 13.6 Å². The second kappa shape index (κ2) is 8.63. The van der Waals surface area contributed by atoms with Gasteiger partial charge in [0, 0.05) is 21.8 Å². The van der Waals surface area contributed by atoms with E-state index in [0.717, 1.165) is 0 Å². The lowest BCUT2D eigenvalue weighted by atomic mass is 9.96. The summed E-state index contributed by atoms with van der Waals surface area (Å²) in [5.41, 5.74) is -1.72. The molecule has 1 aromatic carbocycles. The Kier molecular flexibility index (Phi) is 6.34. The number of ether oxygens (including phenoxy) is 1. The number of fused-ring (bicyclic) bond motifs is 1. The molecule has 0 aliphatic carbocycles. The summed E-state index contributed by atoms with van der Waals surface area (Å²) in [6.07, 6.45) is -0.768. The monoisotopic (exact) mass is 501 g/mol. The highest BCUT2D eigenvalue weighted by atomic mass is 28.4. The van der Waals surface area contributed by atoms with Crippen molar-refractivity contribution in [2.24, 2.45) is 0 Å². The van der Waals surface area contributed by atoms with Crippen molar-refractivity contribution in [3.63, 3.8) is 0 Å². The smallest absolute Gasteiger partial charge is 0.351 e. The van der Waals surface area contributed by atoms with Crippen LogP contribution in [0, 0.1) is 0 Å². The number of carbonyl (C=O) groups is 1. The topological polar surface area (TPSA) is 112 Å². The molecule has 0 radical (unpaired) electrons. The molecule has 2 aromatic rings. The number of amides is 1. The normalized spacial score (nSPS) is 28.4. The van der Waals surface area contributed by atoms with Crippen LogP contribution in [0.1, 0.15) is 65.1 Å². The SMILES string of the molecule is CC(C)(C)[Si]1(C(C)(C)C)OC[C@H]2O[C@@H](n3ccc(NC(=O)c4ccccc4)nc3=O)[C@](C)(O)[C@@H]2O1. The first-order valence-electron chi connectivity index (χ1n) is 11.8. The Morgan fingerprint density at radius 1 is 1.14 bits per heavy atom. The average Bonchev–Trinajstić information content (AvgIpc) is 3.02. The molecule has 4 rings (SSSR count). The fourth-order valence-electron chi connectivity index (χ4n) is 5.32. The summed E-state index contributed by atoms with van der Waals surface area (Å²) in [5.74, 6) is -0.261. The largest absolute Gasteiger partial charge is 0.391 e. The molecule has 0 bridgehead atoms. The number of nitrogens with zero attached hydrogens (tertiary/aromatic N) is 2. The number of aliphatic hydroxyl groups is 1. The van der Waals surface area contributed by atoms with Crippen LogP contribution >= 0.6 is 0 Å². The summed E-state index contributed by atoms with van der Waals surface area (Å²) in [4.78, 5) is 29.3. The lowest BCUT2D eigenvalue weighted by molar-refractivity contribution is -0.0971. The van der Waals surface area contributed by atoms with Gasteiger partial charge in [-0.3, -0.25) is 9.36 Å². The van der Waals surface area contributed by atoms with Gasteiger partial charge in [0.15, 0.2) is 6.23 Å². The second-order valence-corrected chi connectivity index (χ2v) is 16.3. The number of anilines is 1. The number of benzene rings is 1. The van der Waals surface area contributed by atoms with Crippen LogP contribution in [0.4, 0.5) is 5.82 Å². The van der Waals surface area contributed by atoms with Gasteiger partial charge < -0.3 is 24.0 Å². The van der Waals surface area contributed by atoms with E-state index in [1.165, 1.54) is 16.8 Å². The Morgan fingerprint density at radius 3 is 2.34 bits per heavy atom. The van der Waals surface area contributed by atoms with Gasteiger partial charge in [0.05, 0.1) is 6.61 Å². The Balaban J connectivity index is 1.59. The molecule has 0 unspecified atom stereocenters. The Bertz CT molecular complexity index is 1140. The molecule has 1 aromatic heterocycles. The number of hydrogen-bond acceptors (Lipinski definition) is 7. The Hall–Kier alpha value is -2.37. The fourth-order valence-corrected chi connectivity index (χ4v) is 10.4. The van der Waals surface area contributed by atoms with E-state index in [4.69, 9.17) is 13.6 Å². The highest BCUT2D eigenvalue weighted by molar-refractivity contribution is 6.73. The van der Waals surface area contributed by atoms with Gasteiger partial charge in [-0.25, -0.2) is 4.79 Å². The van der Waals surface area contributed by atoms with Crippen LogP contribution in [0.15, 0.2) is 47.4 Å². The third-order valence-corrected chi connectivity index (χ3v) is 11.9. The highest BCUT2D eigenvalue weighted by Gasteiger charge is 2.67. The molecule has 1 amide bonds. The molecule has 0 spiro atoms. The van der Waals surface area contributed by atoms with Crippen LogP contribution in [0.3, 0.4) is 0 Å². The summed E-state index contributed by atoms with van der Waals surface area (Å²) in [7, 11) is -2.85. The standard InChI is InChI=1S/C25H35N3O6Si/c1-23(2,3)35(24(4,5)6)32-15-17-19(34-35)25(7,31)21(33-17)28-14-13-18(27-22(28)30)26-20(29)16-11-9-8-10-12-16/h8-14,17,19,21,31H,15H2,1-7H3,(H,26,27,29,30)/t17-,19-,21-,25-/m1/s1. The number of nitrogens with one attached hydrogen (secondary N) is 1. The number of aromatic nitrogens is 2. The van der Waals surface area contributed by atoms with Gasteiger partial charge in [0.25, 0.3) is 5.91 Å². The predicted molar refractivity (Wildman–Crippen MR) is 133 cm³/mol. The number of carbonyl (C=O) groups excluding carboxylic acids is 1. The van der Waals surface area contributed by atoms with E-state index < -0.39 is 38.3 Å². The Morgan fingerprint density at radius 2 is 1.77 bits per heavy atom. The van der Waals surface area contributed by atoms with E-state index in [-0.39, 0.29) is 28.4 Å². The molecule has 2 aliphatic heterocycles. The summed E-state index contributed by atoms with van der Waals surface area (Å²) in [6.45, 7) is 14.5. The van der Waals surface area contributed by atoms with Gasteiger partial charge in [0.1, 0.15) is 23.6 Å². The van der Waals surface area contributed by atoms with Crippen LogP contribution in [0.2, 0.25) is 10.1 Å². The quantitative estimate of drug-likeness (QED) is 0.618. The lowest BCUT2D eigenvalue weighted by Crippen LogP contribution is -2.67. The summed E-state index contributed by atoms with van der Waals surface area (Å²) in [5, 5.41) is 13.7. The van der Waals surface area contributed by atoms with Crippen molar-refractivity contribution in [2.45, 2.75) is 82.6 Å². The van der Waals surface area contributed by atoms with Crippen LogP contribution < -0.4 is 11.0 Å². The molecular formula is C25H35N3O6Si. The fraction of sp³-hybridized carbons (Fsp3) is 0.560. The molecular weight excluding hydrogens is 466 g/mol. The van der Waals surface area contributed by atoms with Crippen LogP contribution in [0.25, 0.3) is 0 Å². The van der Waals surface area contributed by atoms with E-state index in [0.29, 0.717) is 5.56 Å². The van der Waals surface area contributed by atoms with Gasteiger partial charge in [-0.1, -0.05) is 59.7 Å². The van der Waals surface area contributed by atoms with Crippen LogP contribution in [-0.4, -0.2) is 53.5 Å². The molecule has 190 valence electrons. The molecule has 2 fully saturated rings. The second-order valence-electron chi connectivity index (χ2n) is 11.5. The summed E-state index contributed by atoms with van der Waals surface area (Å²) < 4.78 is 20.5. The van der Waals surface area contributed by atoms with Gasteiger partial charge >= 0.3 is 14.3 Å². The lowest BCUT2D eigenvalue weighted by Gasteiger charge is -2.54. The Labute approximate surface area is 206 Å². The van der Waals surface area contributed by atoms with Gasteiger partial charge in [-0.15, -0.1) is 0 Å². The van der Waals surface area contributed by atoms with E-state index in [1.807, 2.05) is 6.07 Å². The first-order chi connectivity index (χ1) is 16.2. The molecule has 2 N–H and O–H groups in total. The average molecular weight is 502 g/mol. The van der Waals surface area contributed by atoms with Crippen molar-refractivity contribution < 1.29 is 23.5 Å². The third kappa shape index (κ3) is 4.38. The highest BCUT2D eigenvalue weighted by Crippen LogP contribution is 2.57. The maximum Gasteiger partial charge on any atom is 0.351 e. The molecule has 9 nitrogen and oxygen atoms in total. The van der Waals surface area contributed by atoms with Crippen molar-refractivity contribution in [3.8, 4) is 0 Å². The molecule has 3 heterocycles. The zero-order valence-corrected chi connectivity index (χ0v) is 22.4. The summed E-state index contributed by atoms with van der Waals surface area (Å²) >= 11 is 0. The molecule has 4 atom stereocenters. The minimum Gasteiger partial charge on any atom is -0.391 e. The summed E-state index contributed by atoms with van der Waals surface area (Å²) in [6, 6.07) is 10.2. The molecule has 10 heteroatoms. The van der Waals surface area contributed by atoms with E-state index in [9.17, 15) is 14.7 Å². The third-order valence-electron chi connectivity index (χ3n) is 6.80.